The van der Waals surface area contributed by atoms with Gasteiger partial charge in [0.1, 0.15) is 11.4 Å². The molecule has 0 atom stereocenters. The van der Waals surface area contributed by atoms with Crippen molar-refractivity contribution in [1.29, 1.82) is 0 Å². The summed E-state index contributed by atoms with van der Waals surface area (Å²) < 4.78 is 43.2. The predicted octanol–water partition coefficient (Wildman–Crippen LogP) is 3.89. The van der Waals surface area contributed by atoms with Gasteiger partial charge in [-0.1, -0.05) is 20.8 Å². The highest BCUT2D eigenvalue weighted by Gasteiger charge is 2.39. The summed E-state index contributed by atoms with van der Waals surface area (Å²) in [6.07, 6.45) is -2.45. The minimum absolute atomic E-state index is 0.229. The number of rotatable bonds is 2. The highest BCUT2D eigenvalue weighted by Crippen LogP contribution is 2.37. The number of nitrogens with zero attached hydrogens (tertiary/aromatic N) is 2. The molecule has 1 aromatic heterocycles. The number of aromatic nitrogens is 2. The maximum atomic E-state index is 12.9. The lowest BCUT2D eigenvalue weighted by Gasteiger charge is -2.17. The molecule has 0 fully saturated rings. The monoisotopic (exact) mass is 294 g/mol. The van der Waals surface area contributed by atoms with E-state index in [9.17, 15) is 13.2 Å². The second-order valence-electron chi connectivity index (χ2n) is 4.90. The van der Waals surface area contributed by atoms with Crippen LogP contribution in [0.2, 0.25) is 0 Å². The summed E-state index contributed by atoms with van der Waals surface area (Å²) in [6, 6.07) is 0. The second kappa shape index (κ2) is 5.36. The first kappa shape index (κ1) is 15.8. The zero-order valence-corrected chi connectivity index (χ0v) is 11.7. The molecule has 106 valence electrons. The van der Waals surface area contributed by atoms with Gasteiger partial charge in [-0.15, -0.1) is 0 Å². The number of hydrogen-bond acceptors (Lipinski definition) is 3. The lowest BCUT2D eigenvalue weighted by Crippen LogP contribution is -2.18. The molecule has 1 heterocycles. The molecule has 1 aromatic rings. The maximum absolute atomic E-state index is 12.9. The van der Waals surface area contributed by atoms with Crippen molar-refractivity contribution >= 4 is 17.2 Å². The SMILES string of the molecule is CO/C(Cl)=C(\c1cnc(C(C)(C)C)nc1)C(F)(F)F. The van der Waals surface area contributed by atoms with E-state index in [1.54, 1.807) is 0 Å². The molecule has 0 aliphatic rings. The third kappa shape index (κ3) is 3.83. The van der Waals surface area contributed by atoms with Crippen molar-refractivity contribution in [3.8, 4) is 0 Å². The zero-order valence-electron chi connectivity index (χ0n) is 11.0. The fraction of sp³-hybridized carbons (Fsp3) is 0.500. The number of methoxy groups -OCH3 is 1. The zero-order chi connectivity index (χ0) is 14.8. The summed E-state index contributed by atoms with van der Waals surface area (Å²) in [5, 5.41) is -0.736. The van der Waals surface area contributed by atoms with Crippen LogP contribution in [0.1, 0.15) is 32.2 Å². The summed E-state index contributed by atoms with van der Waals surface area (Å²) in [4.78, 5) is 7.88. The molecule has 0 saturated heterocycles. The molecule has 1 rings (SSSR count). The van der Waals surface area contributed by atoms with Crippen LogP contribution in [-0.2, 0) is 10.2 Å². The van der Waals surface area contributed by atoms with E-state index < -0.39 is 17.0 Å². The Balaban J connectivity index is 3.28. The summed E-state index contributed by atoms with van der Waals surface area (Å²) in [7, 11) is 1.07. The van der Waals surface area contributed by atoms with Gasteiger partial charge in [0.25, 0.3) is 0 Å². The van der Waals surface area contributed by atoms with Crippen LogP contribution < -0.4 is 0 Å². The number of halogens is 4. The molecule has 0 N–H and O–H groups in total. The van der Waals surface area contributed by atoms with E-state index in [1.807, 2.05) is 20.8 Å². The summed E-state index contributed by atoms with van der Waals surface area (Å²) in [5.41, 5.74) is -1.66. The van der Waals surface area contributed by atoms with Crippen molar-refractivity contribution in [2.24, 2.45) is 0 Å². The van der Waals surface area contributed by atoms with Gasteiger partial charge in [0.05, 0.1) is 7.11 Å². The van der Waals surface area contributed by atoms with E-state index in [0.29, 0.717) is 5.82 Å². The predicted molar refractivity (Wildman–Crippen MR) is 66.6 cm³/mol. The van der Waals surface area contributed by atoms with Gasteiger partial charge in [0, 0.05) is 23.4 Å². The molecule has 0 aromatic carbocycles. The number of hydrogen-bond donors (Lipinski definition) is 0. The Kier molecular flexibility index (Phi) is 4.45. The van der Waals surface area contributed by atoms with Crippen molar-refractivity contribution in [3.05, 3.63) is 29.0 Å². The van der Waals surface area contributed by atoms with Gasteiger partial charge in [-0.2, -0.15) is 13.2 Å². The van der Waals surface area contributed by atoms with Crippen LogP contribution in [0, 0.1) is 0 Å². The molecule has 0 amide bonds. The highest BCUT2D eigenvalue weighted by molar-refractivity contribution is 6.31. The lowest BCUT2D eigenvalue weighted by atomic mass is 9.95. The van der Waals surface area contributed by atoms with Crippen LogP contribution in [0.5, 0.6) is 0 Å². The Morgan fingerprint density at radius 2 is 1.63 bits per heavy atom. The molecular formula is C12H14ClF3N2O. The fourth-order valence-electron chi connectivity index (χ4n) is 1.34. The van der Waals surface area contributed by atoms with E-state index >= 15 is 0 Å². The molecule has 3 nitrogen and oxygen atoms in total. The van der Waals surface area contributed by atoms with E-state index in [0.717, 1.165) is 19.5 Å². The van der Waals surface area contributed by atoms with Gasteiger partial charge in [0.2, 0.25) is 0 Å². The van der Waals surface area contributed by atoms with Crippen LogP contribution in [0.3, 0.4) is 0 Å². The van der Waals surface area contributed by atoms with Crippen LogP contribution in [-0.4, -0.2) is 23.3 Å². The third-order valence-electron chi connectivity index (χ3n) is 2.27. The summed E-state index contributed by atoms with van der Waals surface area (Å²) in [6.45, 7) is 5.60. The standard InChI is InChI=1S/C12H14ClF3N2O/c1-11(2,3)10-17-5-7(6-18-10)8(9(13)19-4)12(14,15)16/h5-6H,1-4H3/b9-8+. The molecule has 19 heavy (non-hydrogen) atoms. The molecule has 0 aliphatic carbocycles. The first-order chi connectivity index (χ1) is 8.57. The minimum Gasteiger partial charge on any atom is -0.486 e. The Hall–Kier alpha value is -1.30. The van der Waals surface area contributed by atoms with Crippen LogP contribution in [0.15, 0.2) is 17.6 Å². The van der Waals surface area contributed by atoms with Crippen LogP contribution in [0.4, 0.5) is 13.2 Å². The van der Waals surface area contributed by atoms with E-state index in [2.05, 4.69) is 14.7 Å². The molecule has 0 saturated carbocycles. The number of ether oxygens (including phenoxy) is 1. The largest absolute Gasteiger partial charge is 0.486 e. The van der Waals surface area contributed by atoms with Crippen LogP contribution >= 0.6 is 11.6 Å². The normalized spacial score (nSPS) is 14.1. The first-order valence-electron chi connectivity index (χ1n) is 5.41. The molecule has 0 spiro atoms. The van der Waals surface area contributed by atoms with Gasteiger partial charge in [-0.3, -0.25) is 0 Å². The quantitative estimate of drug-likeness (QED) is 0.776. The number of allylic oxidation sites excluding steroid dienone is 1. The van der Waals surface area contributed by atoms with Gasteiger partial charge in [0.15, 0.2) is 5.22 Å². The van der Waals surface area contributed by atoms with Crippen molar-refractivity contribution in [2.45, 2.75) is 32.4 Å². The summed E-state index contributed by atoms with van der Waals surface area (Å²) >= 11 is 5.46. The van der Waals surface area contributed by atoms with E-state index in [4.69, 9.17) is 11.6 Å². The molecule has 0 radical (unpaired) electrons. The first-order valence-corrected chi connectivity index (χ1v) is 5.79. The van der Waals surface area contributed by atoms with Crippen LogP contribution in [0.25, 0.3) is 5.57 Å². The number of alkyl halides is 3. The Labute approximate surface area is 114 Å². The molecule has 7 heteroatoms. The van der Waals surface area contributed by atoms with Crippen molar-refractivity contribution in [1.82, 2.24) is 9.97 Å². The topological polar surface area (TPSA) is 35.0 Å². The summed E-state index contributed by atoms with van der Waals surface area (Å²) in [5.74, 6) is 0.450. The highest BCUT2D eigenvalue weighted by atomic mass is 35.5. The lowest BCUT2D eigenvalue weighted by molar-refractivity contribution is -0.0705. The van der Waals surface area contributed by atoms with Crippen molar-refractivity contribution in [3.63, 3.8) is 0 Å². The molecule has 0 aliphatic heterocycles. The Bertz CT molecular complexity index is 475. The van der Waals surface area contributed by atoms with Gasteiger partial charge < -0.3 is 4.74 Å². The minimum atomic E-state index is -4.64. The fourth-order valence-corrected chi connectivity index (χ4v) is 1.55. The average molecular weight is 295 g/mol. The van der Waals surface area contributed by atoms with E-state index in [-0.39, 0.29) is 11.0 Å². The van der Waals surface area contributed by atoms with Gasteiger partial charge >= 0.3 is 6.18 Å². The van der Waals surface area contributed by atoms with Gasteiger partial charge in [-0.25, -0.2) is 9.97 Å². The average Bonchev–Trinajstić information content (AvgIpc) is 2.26. The van der Waals surface area contributed by atoms with Crippen molar-refractivity contribution in [2.75, 3.05) is 7.11 Å². The smallest absolute Gasteiger partial charge is 0.421 e. The Morgan fingerprint density at radius 1 is 1.16 bits per heavy atom. The van der Waals surface area contributed by atoms with E-state index in [1.165, 1.54) is 0 Å². The second-order valence-corrected chi connectivity index (χ2v) is 5.24. The van der Waals surface area contributed by atoms with Crippen molar-refractivity contribution < 1.29 is 17.9 Å². The molecular weight excluding hydrogens is 281 g/mol. The van der Waals surface area contributed by atoms with Gasteiger partial charge in [-0.05, 0) is 11.6 Å². The third-order valence-corrected chi connectivity index (χ3v) is 2.61. The maximum Gasteiger partial charge on any atom is 0.421 e. The Morgan fingerprint density at radius 3 is 1.95 bits per heavy atom. The molecule has 0 bridgehead atoms. The molecule has 0 unspecified atom stereocenters.